The third-order valence-electron chi connectivity index (χ3n) is 4.67. The van der Waals surface area contributed by atoms with Crippen LogP contribution in [-0.2, 0) is 17.6 Å². The Morgan fingerprint density at radius 2 is 1.92 bits per heavy atom. The van der Waals surface area contributed by atoms with Gasteiger partial charge >= 0.3 is 6.18 Å². The largest absolute Gasteiger partial charge is 0.393 e. The van der Waals surface area contributed by atoms with Crippen LogP contribution in [0.2, 0.25) is 0 Å². The van der Waals surface area contributed by atoms with Crippen LogP contribution < -0.4 is 5.32 Å². The fourth-order valence-corrected chi connectivity index (χ4v) is 4.23. The highest BCUT2D eigenvalue weighted by Gasteiger charge is 2.45. The molecule has 0 bridgehead atoms. The molecule has 1 saturated carbocycles. The number of hydrogen-bond acceptors (Lipinski definition) is 3. The Morgan fingerprint density at radius 1 is 1.19 bits per heavy atom. The van der Waals surface area contributed by atoms with E-state index < -0.39 is 18.1 Å². The van der Waals surface area contributed by atoms with Crippen molar-refractivity contribution in [3.8, 4) is 0 Å². The summed E-state index contributed by atoms with van der Waals surface area (Å²) < 4.78 is 39.4. The molecule has 1 aliphatic rings. The van der Waals surface area contributed by atoms with Crippen LogP contribution in [0, 0.1) is 5.92 Å². The second kappa shape index (κ2) is 8.20. The SMILES string of the molecule is O=C(Cc1csc(Cc2ccccc2)n1)NC1CCCCC1C(F)(F)F. The Balaban J connectivity index is 1.56. The number of halogens is 3. The van der Waals surface area contributed by atoms with Crippen LogP contribution in [0.25, 0.3) is 0 Å². The lowest BCUT2D eigenvalue weighted by atomic mass is 9.84. The summed E-state index contributed by atoms with van der Waals surface area (Å²) in [5.41, 5.74) is 1.74. The van der Waals surface area contributed by atoms with Gasteiger partial charge in [-0.25, -0.2) is 4.98 Å². The first-order chi connectivity index (χ1) is 12.4. The molecule has 3 rings (SSSR count). The normalized spacial score (nSPS) is 20.7. The zero-order valence-electron chi connectivity index (χ0n) is 14.3. The van der Waals surface area contributed by atoms with Gasteiger partial charge in [-0.1, -0.05) is 43.2 Å². The quantitative estimate of drug-likeness (QED) is 0.827. The summed E-state index contributed by atoms with van der Waals surface area (Å²) in [6.07, 6.45) is -1.81. The molecule has 2 atom stereocenters. The van der Waals surface area contributed by atoms with Crippen molar-refractivity contribution in [3.63, 3.8) is 0 Å². The monoisotopic (exact) mass is 382 g/mol. The fraction of sp³-hybridized carbons (Fsp3) is 0.474. The van der Waals surface area contributed by atoms with Gasteiger partial charge < -0.3 is 5.32 Å². The first-order valence-electron chi connectivity index (χ1n) is 8.75. The maximum absolute atomic E-state index is 13.1. The van der Waals surface area contributed by atoms with Crippen molar-refractivity contribution >= 4 is 17.2 Å². The number of rotatable bonds is 5. The van der Waals surface area contributed by atoms with Gasteiger partial charge in [-0.2, -0.15) is 13.2 Å². The molecular formula is C19H21F3N2OS. The lowest BCUT2D eigenvalue weighted by Gasteiger charge is -2.33. The molecule has 2 unspecified atom stereocenters. The molecule has 0 saturated heterocycles. The first kappa shape index (κ1) is 18.9. The van der Waals surface area contributed by atoms with Gasteiger partial charge in [-0.3, -0.25) is 4.79 Å². The predicted octanol–water partition coefficient (Wildman–Crippen LogP) is 4.51. The zero-order chi connectivity index (χ0) is 18.6. The second-order valence-electron chi connectivity index (χ2n) is 6.68. The van der Waals surface area contributed by atoms with Gasteiger partial charge in [0, 0.05) is 17.8 Å². The van der Waals surface area contributed by atoms with Crippen molar-refractivity contribution in [2.75, 3.05) is 0 Å². The summed E-state index contributed by atoms with van der Waals surface area (Å²) in [7, 11) is 0. The van der Waals surface area contributed by atoms with Crippen LogP contribution >= 0.6 is 11.3 Å². The number of thiazole rings is 1. The van der Waals surface area contributed by atoms with E-state index in [2.05, 4.69) is 10.3 Å². The number of amides is 1. The van der Waals surface area contributed by atoms with E-state index >= 15 is 0 Å². The van der Waals surface area contributed by atoms with Crippen LogP contribution in [-0.4, -0.2) is 23.1 Å². The summed E-state index contributed by atoms with van der Waals surface area (Å²) in [4.78, 5) is 16.6. The molecule has 140 valence electrons. The lowest BCUT2D eigenvalue weighted by Crippen LogP contribution is -2.48. The number of hydrogen-bond donors (Lipinski definition) is 1. The highest BCUT2D eigenvalue weighted by molar-refractivity contribution is 7.09. The number of carbonyl (C=O) groups is 1. The Kier molecular flexibility index (Phi) is 5.96. The minimum absolute atomic E-state index is 0.0202. The number of alkyl halides is 3. The van der Waals surface area contributed by atoms with E-state index in [1.165, 1.54) is 11.3 Å². The molecule has 26 heavy (non-hydrogen) atoms. The molecule has 2 aromatic rings. The van der Waals surface area contributed by atoms with Crippen LogP contribution in [0.5, 0.6) is 0 Å². The van der Waals surface area contributed by atoms with Gasteiger partial charge in [-0.05, 0) is 18.4 Å². The van der Waals surface area contributed by atoms with Crippen LogP contribution in [0.1, 0.15) is 41.9 Å². The van der Waals surface area contributed by atoms with E-state index in [-0.39, 0.29) is 18.7 Å². The Morgan fingerprint density at radius 3 is 2.65 bits per heavy atom. The van der Waals surface area contributed by atoms with Gasteiger partial charge in [0.1, 0.15) is 0 Å². The van der Waals surface area contributed by atoms with E-state index in [0.29, 0.717) is 25.0 Å². The van der Waals surface area contributed by atoms with Gasteiger partial charge in [0.2, 0.25) is 5.91 Å². The summed E-state index contributed by atoms with van der Waals surface area (Å²) in [6.45, 7) is 0. The first-order valence-corrected chi connectivity index (χ1v) is 9.63. The zero-order valence-corrected chi connectivity index (χ0v) is 15.1. The number of benzene rings is 1. The number of nitrogens with one attached hydrogen (secondary N) is 1. The lowest BCUT2D eigenvalue weighted by molar-refractivity contribution is -0.189. The minimum Gasteiger partial charge on any atom is -0.352 e. The molecule has 0 spiro atoms. The van der Waals surface area contributed by atoms with Gasteiger partial charge in [0.15, 0.2) is 0 Å². The number of nitrogens with zero attached hydrogens (tertiary/aromatic N) is 1. The van der Waals surface area contributed by atoms with E-state index in [0.717, 1.165) is 17.0 Å². The van der Waals surface area contributed by atoms with Gasteiger partial charge in [0.25, 0.3) is 0 Å². The average Bonchev–Trinajstić information content (AvgIpc) is 3.02. The summed E-state index contributed by atoms with van der Waals surface area (Å²) in [5, 5.41) is 5.29. The third kappa shape index (κ3) is 5.06. The maximum atomic E-state index is 13.1. The Bertz CT molecular complexity index is 730. The average molecular weight is 382 g/mol. The molecule has 3 nitrogen and oxygen atoms in total. The summed E-state index contributed by atoms with van der Waals surface area (Å²) in [5.74, 6) is -1.83. The van der Waals surface area contributed by atoms with Crippen LogP contribution in [0.15, 0.2) is 35.7 Å². The predicted molar refractivity (Wildman–Crippen MR) is 95.0 cm³/mol. The standard InChI is InChI=1S/C19H21F3N2OS/c20-19(21,22)15-8-4-5-9-16(15)24-17(25)11-14-12-26-18(23-14)10-13-6-2-1-3-7-13/h1-3,6-7,12,15-16H,4-5,8-11H2,(H,24,25). The maximum Gasteiger partial charge on any atom is 0.393 e. The van der Waals surface area contributed by atoms with Gasteiger partial charge in [-0.15, -0.1) is 11.3 Å². The van der Waals surface area contributed by atoms with E-state index in [9.17, 15) is 18.0 Å². The van der Waals surface area contributed by atoms with Crippen LogP contribution in [0.4, 0.5) is 13.2 Å². The second-order valence-corrected chi connectivity index (χ2v) is 7.62. The molecule has 1 amide bonds. The molecule has 0 radical (unpaired) electrons. The Labute approximate surface area is 154 Å². The molecular weight excluding hydrogens is 361 g/mol. The highest BCUT2D eigenvalue weighted by Crippen LogP contribution is 2.37. The molecule has 1 aliphatic carbocycles. The van der Waals surface area contributed by atoms with Crippen molar-refractivity contribution in [3.05, 3.63) is 52.0 Å². The van der Waals surface area contributed by atoms with Crippen LogP contribution in [0.3, 0.4) is 0 Å². The summed E-state index contributed by atoms with van der Waals surface area (Å²) >= 11 is 1.47. The highest BCUT2D eigenvalue weighted by atomic mass is 32.1. The summed E-state index contributed by atoms with van der Waals surface area (Å²) in [6, 6.07) is 9.05. The van der Waals surface area contributed by atoms with Crippen molar-refractivity contribution in [1.82, 2.24) is 10.3 Å². The molecule has 1 fully saturated rings. The van der Waals surface area contributed by atoms with E-state index in [1.54, 1.807) is 5.38 Å². The van der Waals surface area contributed by atoms with Crippen molar-refractivity contribution in [2.45, 2.75) is 50.7 Å². The van der Waals surface area contributed by atoms with Crippen molar-refractivity contribution in [1.29, 1.82) is 0 Å². The van der Waals surface area contributed by atoms with Crippen molar-refractivity contribution < 1.29 is 18.0 Å². The van der Waals surface area contributed by atoms with E-state index in [1.807, 2.05) is 30.3 Å². The topological polar surface area (TPSA) is 42.0 Å². The smallest absolute Gasteiger partial charge is 0.352 e. The van der Waals surface area contributed by atoms with Crippen molar-refractivity contribution in [2.24, 2.45) is 5.92 Å². The fourth-order valence-electron chi connectivity index (χ4n) is 3.40. The number of carbonyl (C=O) groups excluding carboxylic acids is 1. The molecule has 1 heterocycles. The molecule has 1 N–H and O–H groups in total. The Hall–Kier alpha value is -1.89. The third-order valence-corrected chi connectivity index (χ3v) is 5.57. The molecule has 7 heteroatoms. The van der Waals surface area contributed by atoms with Gasteiger partial charge in [0.05, 0.1) is 23.0 Å². The molecule has 0 aliphatic heterocycles. The van der Waals surface area contributed by atoms with E-state index in [4.69, 9.17) is 0 Å². The minimum atomic E-state index is -4.26. The molecule has 1 aromatic heterocycles. The molecule has 1 aromatic carbocycles. The number of aromatic nitrogens is 1.